The van der Waals surface area contributed by atoms with Crippen molar-refractivity contribution in [3.8, 4) is 0 Å². The topological polar surface area (TPSA) is 47.1 Å². The smallest absolute Gasteiger partial charge is 0.150 e. The number of nitrogens with two attached hydrogens (primary N) is 1. The van der Waals surface area contributed by atoms with E-state index in [-0.39, 0.29) is 0 Å². The van der Waals surface area contributed by atoms with E-state index in [1.807, 2.05) is 17.7 Å². The molecule has 0 aliphatic heterocycles. The lowest BCUT2D eigenvalue weighted by Gasteiger charge is -2.21. The molecule has 4 heteroatoms. The highest BCUT2D eigenvalue weighted by molar-refractivity contribution is 5.65. The Kier molecular flexibility index (Phi) is 4.66. The fraction of sp³-hybridized carbons (Fsp3) is 0.438. The van der Waals surface area contributed by atoms with Gasteiger partial charge in [0.2, 0.25) is 0 Å². The molecule has 4 nitrogen and oxygen atoms in total. The maximum Gasteiger partial charge on any atom is 0.150 e. The maximum atomic E-state index is 6.18. The summed E-state index contributed by atoms with van der Waals surface area (Å²) >= 11 is 0. The molecule has 0 aliphatic carbocycles. The molecule has 0 unspecified atom stereocenters. The summed E-state index contributed by atoms with van der Waals surface area (Å²) in [6.07, 6.45) is 2.06. The highest BCUT2D eigenvalue weighted by atomic mass is 15.4. The van der Waals surface area contributed by atoms with Crippen molar-refractivity contribution in [3.05, 3.63) is 41.6 Å². The van der Waals surface area contributed by atoms with E-state index in [2.05, 4.69) is 48.2 Å². The maximum absolute atomic E-state index is 6.18. The second-order valence-corrected chi connectivity index (χ2v) is 5.20. The third kappa shape index (κ3) is 3.13. The van der Waals surface area contributed by atoms with Crippen LogP contribution in [0.25, 0.3) is 0 Å². The van der Waals surface area contributed by atoms with Crippen LogP contribution in [0.4, 0.5) is 11.5 Å². The molecule has 0 saturated carbocycles. The summed E-state index contributed by atoms with van der Waals surface area (Å²) in [7, 11) is 2.09. The van der Waals surface area contributed by atoms with Crippen molar-refractivity contribution < 1.29 is 0 Å². The Morgan fingerprint density at radius 3 is 2.60 bits per heavy atom. The molecule has 0 amide bonds. The largest absolute Gasteiger partial charge is 0.394 e. The van der Waals surface area contributed by atoms with Gasteiger partial charge in [-0.2, -0.15) is 5.10 Å². The van der Waals surface area contributed by atoms with Crippen LogP contribution in [0.3, 0.4) is 0 Å². The first-order valence-corrected chi connectivity index (χ1v) is 7.21. The highest BCUT2D eigenvalue weighted by Crippen LogP contribution is 2.26. The molecule has 0 bridgehead atoms. The average Bonchev–Trinajstić information content (AvgIpc) is 2.73. The van der Waals surface area contributed by atoms with Crippen LogP contribution in [0.1, 0.15) is 24.6 Å². The van der Waals surface area contributed by atoms with Crippen LogP contribution in [0.15, 0.2) is 30.3 Å². The Balaban J connectivity index is 2.10. The molecule has 1 heterocycles. The van der Waals surface area contributed by atoms with E-state index in [0.29, 0.717) is 0 Å². The number of anilines is 2. The van der Waals surface area contributed by atoms with Crippen molar-refractivity contribution in [2.45, 2.75) is 33.2 Å². The minimum Gasteiger partial charge on any atom is -0.394 e. The lowest BCUT2D eigenvalue weighted by Crippen LogP contribution is -2.24. The van der Waals surface area contributed by atoms with Gasteiger partial charge in [0.15, 0.2) is 0 Å². The van der Waals surface area contributed by atoms with Gasteiger partial charge in [0.05, 0.1) is 11.4 Å². The third-order valence-electron chi connectivity index (χ3n) is 3.52. The van der Waals surface area contributed by atoms with Crippen molar-refractivity contribution in [2.24, 2.45) is 0 Å². The lowest BCUT2D eigenvalue weighted by molar-refractivity contribution is 0.591. The molecule has 2 rings (SSSR count). The van der Waals surface area contributed by atoms with Crippen LogP contribution in [0, 0.1) is 6.92 Å². The molecule has 108 valence electrons. The lowest BCUT2D eigenvalue weighted by atomic mass is 10.1. The zero-order valence-corrected chi connectivity index (χ0v) is 12.6. The number of benzene rings is 1. The quantitative estimate of drug-likeness (QED) is 0.879. The molecule has 2 aromatic rings. The van der Waals surface area contributed by atoms with Crippen LogP contribution in [-0.4, -0.2) is 23.4 Å². The number of hydrogen-bond acceptors (Lipinski definition) is 3. The summed E-state index contributed by atoms with van der Waals surface area (Å²) in [5.74, 6) is 1.04. The van der Waals surface area contributed by atoms with Crippen LogP contribution in [0.5, 0.6) is 0 Å². The van der Waals surface area contributed by atoms with Crippen LogP contribution < -0.4 is 10.6 Å². The summed E-state index contributed by atoms with van der Waals surface area (Å²) in [5.41, 5.74) is 9.24. The van der Waals surface area contributed by atoms with Crippen LogP contribution in [0.2, 0.25) is 0 Å². The molecular weight excluding hydrogens is 248 g/mol. The van der Waals surface area contributed by atoms with Gasteiger partial charge in [-0.05, 0) is 25.3 Å². The second-order valence-electron chi connectivity index (χ2n) is 5.20. The Morgan fingerprint density at radius 1 is 1.25 bits per heavy atom. The molecule has 0 atom stereocenters. The van der Waals surface area contributed by atoms with Gasteiger partial charge in [0.1, 0.15) is 5.82 Å². The summed E-state index contributed by atoms with van der Waals surface area (Å²) < 4.78 is 2.02. The van der Waals surface area contributed by atoms with Crippen LogP contribution >= 0.6 is 0 Å². The standard InChI is InChI=1S/C16H24N4/c1-4-11-20-16(15(17)13(2)18-20)19(3)12-10-14-8-6-5-7-9-14/h5-9H,4,10-12,17H2,1-3H3. The van der Waals surface area contributed by atoms with E-state index >= 15 is 0 Å². The SMILES string of the molecule is CCCn1nc(C)c(N)c1N(C)CCc1ccccc1. The Bertz CT molecular complexity index is 545. The molecule has 1 aromatic carbocycles. The van der Waals surface area contributed by atoms with Gasteiger partial charge in [-0.15, -0.1) is 0 Å². The van der Waals surface area contributed by atoms with E-state index in [9.17, 15) is 0 Å². The number of nitrogen functional groups attached to an aromatic ring is 1. The fourth-order valence-corrected chi connectivity index (χ4v) is 2.40. The predicted molar refractivity (Wildman–Crippen MR) is 85.1 cm³/mol. The van der Waals surface area contributed by atoms with E-state index in [1.165, 1.54) is 5.56 Å². The fourth-order valence-electron chi connectivity index (χ4n) is 2.40. The van der Waals surface area contributed by atoms with Gasteiger partial charge >= 0.3 is 0 Å². The number of hydrogen-bond donors (Lipinski definition) is 1. The van der Waals surface area contributed by atoms with E-state index in [1.54, 1.807) is 0 Å². The van der Waals surface area contributed by atoms with Gasteiger partial charge in [0, 0.05) is 20.1 Å². The molecule has 2 N–H and O–H groups in total. The van der Waals surface area contributed by atoms with Gasteiger partial charge in [0.25, 0.3) is 0 Å². The summed E-state index contributed by atoms with van der Waals surface area (Å²) in [6.45, 7) is 5.96. The summed E-state index contributed by atoms with van der Waals surface area (Å²) in [6, 6.07) is 10.5. The third-order valence-corrected chi connectivity index (χ3v) is 3.52. The minimum absolute atomic E-state index is 0.800. The highest BCUT2D eigenvalue weighted by Gasteiger charge is 2.15. The predicted octanol–water partition coefficient (Wildman–Crippen LogP) is 2.86. The van der Waals surface area contributed by atoms with Gasteiger partial charge < -0.3 is 10.6 Å². The summed E-state index contributed by atoms with van der Waals surface area (Å²) in [5, 5.41) is 4.53. The normalized spacial score (nSPS) is 10.8. The number of aromatic nitrogens is 2. The van der Waals surface area contributed by atoms with E-state index < -0.39 is 0 Å². The van der Waals surface area contributed by atoms with E-state index in [0.717, 1.165) is 43.1 Å². The van der Waals surface area contributed by atoms with Gasteiger partial charge in [-0.25, -0.2) is 4.68 Å². The molecule has 0 saturated heterocycles. The number of nitrogens with zero attached hydrogens (tertiary/aromatic N) is 3. The zero-order chi connectivity index (χ0) is 14.5. The van der Waals surface area contributed by atoms with Crippen molar-refractivity contribution >= 4 is 11.5 Å². The van der Waals surface area contributed by atoms with Crippen molar-refractivity contribution in [3.63, 3.8) is 0 Å². The monoisotopic (exact) mass is 272 g/mol. The van der Waals surface area contributed by atoms with Crippen molar-refractivity contribution in [1.82, 2.24) is 9.78 Å². The summed E-state index contributed by atoms with van der Waals surface area (Å²) in [4.78, 5) is 2.21. The van der Waals surface area contributed by atoms with Crippen molar-refractivity contribution in [2.75, 3.05) is 24.2 Å². The molecule has 1 aromatic heterocycles. The van der Waals surface area contributed by atoms with Gasteiger partial charge in [-0.3, -0.25) is 0 Å². The minimum atomic E-state index is 0.800. The molecule has 0 aliphatic rings. The average molecular weight is 272 g/mol. The first kappa shape index (κ1) is 14.4. The first-order valence-electron chi connectivity index (χ1n) is 7.21. The second kappa shape index (κ2) is 6.46. The van der Waals surface area contributed by atoms with E-state index in [4.69, 9.17) is 5.73 Å². The first-order chi connectivity index (χ1) is 9.63. The Hall–Kier alpha value is -1.97. The number of likely N-dealkylation sites (N-methyl/N-ethyl adjacent to an activating group) is 1. The molecular formula is C16H24N4. The van der Waals surface area contributed by atoms with Crippen molar-refractivity contribution in [1.29, 1.82) is 0 Å². The van der Waals surface area contributed by atoms with Gasteiger partial charge in [-0.1, -0.05) is 37.3 Å². The van der Waals surface area contributed by atoms with Crippen LogP contribution in [-0.2, 0) is 13.0 Å². The Morgan fingerprint density at radius 2 is 1.95 bits per heavy atom. The number of rotatable bonds is 6. The molecule has 20 heavy (non-hydrogen) atoms. The Labute approximate surface area is 121 Å². The molecule has 0 fully saturated rings. The molecule has 0 spiro atoms. The number of aryl methyl sites for hydroxylation is 2. The zero-order valence-electron chi connectivity index (χ0n) is 12.6. The molecule has 0 radical (unpaired) electrons.